The number of nitrogens with one attached hydrogen (secondary N) is 3. The largest absolute Gasteiger partial charge is 0.413 e. The van der Waals surface area contributed by atoms with Gasteiger partial charge in [-0.3, -0.25) is 9.59 Å². The van der Waals surface area contributed by atoms with Crippen LogP contribution in [0.4, 0.5) is 4.79 Å². The normalized spacial score (nSPS) is 21.1. The molecule has 37 heavy (non-hydrogen) atoms. The van der Waals surface area contributed by atoms with Gasteiger partial charge in [0.2, 0.25) is 5.91 Å². The van der Waals surface area contributed by atoms with Gasteiger partial charge < -0.3 is 30.0 Å². The van der Waals surface area contributed by atoms with Crippen LogP contribution < -0.4 is 15.4 Å². The number of benzene rings is 1. The van der Waals surface area contributed by atoms with Crippen molar-refractivity contribution in [1.29, 1.82) is 0 Å². The Morgan fingerprint density at radius 2 is 1.95 bits per heavy atom. The molecule has 0 spiro atoms. The summed E-state index contributed by atoms with van der Waals surface area (Å²) in [6.07, 6.45) is 6.39. The number of nitrogens with zero attached hydrogens (tertiary/aromatic N) is 1. The van der Waals surface area contributed by atoms with Crippen molar-refractivity contribution in [2.75, 3.05) is 26.2 Å². The number of ether oxygens (including phenoxy) is 2. The molecule has 0 saturated carbocycles. The Labute approximate surface area is 218 Å². The summed E-state index contributed by atoms with van der Waals surface area (Å²) >= 11 is 0. The fourth-order valence-corrected chi connectivity index (χ4v) is 5.03. The number of carbonyl (C=O) groups excluding carboxylic acids is 3. The Hall–Kier alpha value is -3.17. The fourth-order valence-electron chi connectivity index (χ4n) is 5.03. The zero-order valence-corrected chi connectivity index (χ0v) is 21.7. The van der Waals surface area contributed by atoms with E-state index in [0.29, 0.717) is 18.7 Å². The van der Waals surface area contributed by atoms with Crippen molar-refractivity contribution in [3.05, 3.63) is 54.4 Å². The summed E-state index contributed by atoms with van der Waals surface area (Å²) in [5, 5.41) is 5.63. The second kappa shape index (κ2) is 12.4. The lowest BCUT2D eigenvalue weighted by atomic mass is 9.80. The maximum absolute atomic E-state index is 13.5. The summed E-state index contributed by atoms with van der Waals surface area (Å²) in [6, 6.07) is 10.2. The summed E-state index contributed by atoms with van der Waals surface area (Å²) in [6.45, 7) is 6.69. The Bertz CT molecular complexity index is 1030. The van der Waals surface area contributed by atoms with Crippen LogP contribution in [0.2, 0.25) is 0 Å². The SMILES string of the molecule is CC(C)(CCc1ccccc1)C[C@H](NC(=O)Oc1cc[nH]c1)C(=O)NC1C(=O)COC1CN1CCCC1. The smallest absolute Gasteiger partial charge is 0.409 e. The van der Waals surface area contributed by atoms with E-state index in [0.717, 1.165) is 38.8 Å². The Kier molecular flexibility index (Phi) is 9.00. The van der Waals surface area contributed by atoms with Gasteiger partial charge in [0.1, 0.15) is 24.4 Å². The van der Waals surface area contributed by atoms with Crippen molar-refractivity contribution in [1.82, 2.24) is 20.5 Å². The average Bonchev–Trinajstić information content (AvgIpc) is 3.64. The van der Waals surface area contributed by atoms with Gasteiger partial charge in [0, 0.05) is 18.9 Å². The number of aromatic nitrogens is 1. The monoisotopic (exact) mass is 510 g/mol. The molecule has 3 N–H and O–H groups in total. The van der Waals surface area contributed by atoms with Crippen LogP contribution in [0, 0.1) is 5.41 Å². The van der Waals surface area contributed by atoms with Crippen molar-refractivity contribution in [2.24, 2.45) is 5.41 Å². The first kappa shape index (κ1) is 26.9. The minimum absolute atomic E-state index is 0.0142. The number of rotatable bonds is 11. The molecule has 2 aliphatic rings. The van der Waals surface area contributed by atoms with E-state index in [1.54, 1.807) is 18.5 Å². The standard InChI is InChI=1S/C28H38N4O5/c1-28(2,12-10-20-8-4-3-5-9-20)16-22(30-27(35)37-21-11-13-29-17-21)26(34)31-25-23(33)19-36-24(25)18-32-14-6-7-15-32/h3-5,8-9,11,13,17,22,24-25,29H,6-7,10,12,14-16,18-19H2,1-2H3,(H,30,35)(H,31,34)/t22-,24?,25?/m0/s1. The molecule has 0 aliphatic carbocycles. The molecule has 1 aromatic carbocycles. The highest BCUT2D eigenvalue weighted by Crippen LogP contribution is 2.29. The van der Waals surface area contributed by atoms with Gasteiger partial charge in [0.05, 0.1) is 6.10 Å². The maximum Gasteiger partial charge on any atom is 0.413 e. The Balaban J connectivity index is 1.42. The number of hydrogen-bond donors (Lipinski definition) is 3. The zero-order valence-electron chi connectivity index (χ0n) is 21.7. The molecule has 0 bridgehead atoms. The van der Waals surface area contributed by atoms with Gasteiger partial charge in [-0.25, -0.2) is 4.79 Å². The van der Waals surface area contributed by atoms with E-state index in [4.69, 9.17) is 9.47 Å². The van der Waals surface area contributed by atoms with E-state index in [2.05, 4.69) is 46.5 Å². The third kappa shape index (κ3) is 7.90. The van der Waals surface area contributed by atoms with Crippen LogP contribution in [0.25, 0.3) is 0 Å². The second-order valence-corrected chi connectivity index (χ2v) is 10.8. The van der Waals surface area contributed by atoms with E-state index in [1.807, 2.05) is 18.2 Å². The van der Waals surface area contributed by atoms with Crippen molar-refractivity contribution in [3.63, 3.8) is 0 Å². The molecule has 2 aromatic rings. The van der Waals surface area contributed by atoms with E-state index in [1.165, 1.54) is 5.56 Å². The minimum atomic E-state index is -0.877. The maximum atomic E-state index is 13.5. The topological polar surface area (TPSA) is 113 Å². The highest BCUT2D eigenvalue weighted by atomic mass is 16.6. The first-order valence-electron chi connectivity index (χ1n) is 13.1. The van der Waals surface area contributed by atoms with E-state index in [9.17, 15) is 14.4 Å². The highest BCUT2D eigenvalue weighted by Gasteiger charge is 2.40. The number of H-pyrrole nitrogens is 1. The molecule has 2 unspecified atom stereocenters. The van der Waals surface area contributed by atoms with Crippen molar-refractivity contribution in [2.45, 2.75) is 64.1 Å². The molecule has 4 rings (SSSR count). The predicted molar refractivity (Wildman–Crippen MR) is 139 cm³/mol. The molecule has 3 heterocycles. The minimum Gasteiger partial charge on any atom is -0.409 e. The summed E-state index contributed by atoms with van der Waals surface area (Å²) in [5.74, 6) is -0.200. The van der Waals surface area contributed by atoms with Crippen LogP contribution in [0.15, 0.2) is 48.8 Å². The molecule has 0 radical (unpaired) electrons. The van der Waals surface area contributed by atoms with Crippen molar-refractivity contribution < 1.29 is 23.9 Å². The van der Waals surface area contributed by atoms with Gasteiger partial charge in [-0.1, -0.05) is 44.2 Å². The van der Waals surface area contributed by atoms with Gasteiger partial charge in [-0.15, -0.1) is 0 Å². The summed E-state index contributed by atoms with van der Waals surface area (Å²) in [7, 11) is 0. The lowest BCUT2D eigenvalue weighted by molar-refractivity contribution is -0.128. The molecule has 1 aromatic heterocycles. The quantitative estimate of drug-likeness (QED) is 0.428. The third-order valence-corrected chi connectivity index (χ3v) is 7.17. The van der Waals surface area contributed by atoms with E-state index >= 15 is 0 Å². The van der Waals surface area contributed by atoms with Crippen LogP contribution in [0.5, 0.6) is 5.75 Å². The molecule has 2 fully saturated rings. The van der Waals surface area contributed by atoms with E-state index < -0.39 is 30.2 Å². The molecule has 2 saturated heterocycles. The number of aromatic amines is 1. The lowest BCUT2D eigenvalue weighted by Gasteiger charge is -2.31. The average molecular weight is 511 g/mol. The molecule has 9 nitrogen and oxygen atoms in total. The highest BCUT2D eigenvalue weighted by molar-refractivity contribution is 5.94. The molecular weight excluding hydrogens is 472 g/mol. The number of amides is 2. The number of carbonyl (C=O) groups is 3. The van der Waals surface area contributed by atoms with Crippen LogP contribution in [0.1, 0.15) is 45.1 Å². The van der Waals surface area contributed by atoms with Crippen LogP contribution in [-0.2, 0) is 20.7 Å². The first-order chi connectivity index (χ1) is 17.8. The molecular formula is C28H38N4O5. The summed E-state index contributed by atoms with van der Waals surface area (Å²) < 4.78 is 11.1. The number of Topliss-reactive ketones (excluding diaryl/α,β-unsaturated/α-hetero) is 1. The number of likely N-dealkylation sites (tertiary alicyclic amines) is 1. The summed E-state index contributed by atoms with van der Waals surface area (Å²) in [5.41, 5.74) is 0.944. The number of hydrogen-bond acceptors (Lipinski definition) is 6. The number of ketones is 1. The van der Waals surface area contributed by atoms with Gasteiger partial charge in [-0.2, -0.15) is 0 Å². The second-order valence-electron chi connectivity index (χ2n) is 10.8. The fraction of sp³-hybridized carbons (Fsp3) is 0.536. The van der Waals surface area contributed by atoms with Gasteiger partial charge in [0.15, 0.2) is 5.78 Å². The Morgan fingerprint density at radius 3 is 2.65 bits per heavy atom. The van der Waals surface area contributed by atoms with E-state index in [-0.39, 0.29) is 17.8 Å². The van der Waals surface area contributed by atoms with Crippen LogP contribution in [-0.4, -0.2) is 72.1 Å². The predicted octanol–water partition coefficient (Wildman–Crippen LogP) is 3.07. The molecule has 9 heteroatoms. The molecule has 2 amide bonds. The van der Waals surface area contributed by atoms with Gasteiger partial charge >= 0.3 is 6.09 Å². The lowest BCUT2D eigenvalue weighted by Crippen LogP contribution is -2.56. The zero-order chi connectivity index (χ0) is 26.3. The summed E-state index contributed by atoms with van der Waals surface area (Å²) in [4.78, 5) is 43.9. The molecule has 3 atom stereocenters. The van der Waals surface area contributed by atoms with Gasteiger partial charge in [-0.05, 0) is 62.2 Å². The first-order valence-corrected chi connectivity index (χ1v) is 13.1. The number of aryl methyl sites for hydroxylation is 1. The third-order valence-electron chi connectivity index (χ3n) is 7.17. The van der Waals surface area contributed by atoms with Crippen LogP contribution in [0.3, 0.4) is 0 Å². The Morgan fingerprint density at radius 1 is 1.19 bits per heavy atom. The molecule has 2 aliphatic heterocycles. The van der Waals surface area contributed by atoms with Crippen molar-refractivity contribution in [3.8, 4) is 5.75 Å². The van der Waals surface area contributed by atoms with Gasteiger partial charge in [0.25, 0.3) is 0 Å². The van der Waals surface area contributed by atoms with Crippen LogP contribution >= 0.6 is 0 Å². The molecule has 200 valence electrons. The van der Waals surface area contributed by atoms with Crippen molar-refractivity contribution >= 4 is 17.8 Å².